The topological polar surface area (TPSA) is 80.3 Å². The summed E-state index contributed by atoms with van der Waals surface area (Å²) in [6, 6.07) is 32.9. The molecule has 0 aromatic heterocycles. The van der Waals surface area contributed by atoms with Gasteiger partial charge in [0.1, 0.15) is 6.61 Å². The Balaban J connectivity index is 1.36. The van der Waals surface area contributed by atoms with Crippen molar-refractivity contribution in [3.8, 4) is 22.3 Å². The van der Waals surface area contributed by atoms with Crippen LogP contribution < -0.4 is 0 Å². The van der Waals surface area contributed by atoms with Crippen molar-refractivity contribution in [1.29, 1.82) is 0 Å². The first-order valence-electron chi connectivity index (χ1n) is 11.5. The highest BCUT2D eigenvalue weighted by molar-refractivity contribution is 5.91. The summed E-state index contributed by atoms with van der Waals surface area (Å²) in [5, 5.41) is 0. The van der Waals surface area contributed by atoms with Crippen LogP contribution in [0.2, 0.25) is 0 Å². The van der Waals surface area contributed by atoms with Gasteiger partial charge in [0.15, 0.2) is 0 Å². The van der Waals surface area contributed by atoms with E-state index >= 15 is 0 Å². The molecule has 0 heterocycles. The second-order valence-electron chi connectivity index (χ2n) is 7.73. The van der Waals surface area contributed by atoms with E-state index in [1.165, 1.54) is 0 Å². The zero-order chi connectivity index (χ0) is 25.9. The molecule has 4 rings (SSSR count). The summed E-state index contributed by atoms with van der Waals surface area (Å²) in [6.45, 7) is 3.36. The minimum Gasteiger partial charge on any atom is -0.375 e. The van der Waals surface area contributed by atoms with Crippen LogP contribution in [0.3, 0.4) is 0 Å². The number of carbonyl (C=O) groups is 2. The second kappa shape index (κ2) is 13.1. The maximum absolute atomic E-state index is 12.6. The van der Waals surface area contributed by atoms with E-state index in [1.807, 2.05) is 72.8 Å². The lowest BCUT2D eigenvalue weighted by molar-refractivity contribution is -0.368. The van der Waals surface area contributed by atoms with Crippen molar-refractivity contribution in [3.63, 3.8) is 0 Å². The molecule has 0 aliphatic rings. The highest BCUT2D eigenvalue weighted by Gasteiger charge is 2.22. The number of hydrogen-bond donors (Lipinski definition) is 0. The molecule has 0 fully saturated rings. The molecule has 0 N–H and O–H groups in total. The lowest BCUT2D eigenvalue weighted by Gasteiger charge is -2.13. The molecule has 2 radical (unpaired) electrons. The third-order valence-corrected chi connectivity index (χ3v) is 5.20. The SMILES string of the molecule is [CH2]COC[C](OOC(=O)c1cccc(-c2ccccc2)c1)OOC(=O)c1cccc(-c2ccccc2)c1. The van der Waals surface area contributed by atoms with Crippen molar-refractivity contribution in [1.82, 2.24) is 0 Å². The smallest absolute Gasteiger partial charge is 0.373 e. The predicted molar refractivity (Wildman–Crippen MR) is 136 cm³/mol. The van der Waals surface area contributed by atoms with E-state index in [4.69, 9.17) is 24.3 Å². The van der Waals surface area contributed by atoms with Crippen molar-refractivity contribution in [2.24, 2.45) is 0 Å². The summed E-state index contributed by atoms with van der Waals surface area (Å²) in [6.07, 6.45) is -0.385. The first kappa shape index (κ1) is 25.8. The molecule has 4 aromatic carbocycles. The number of hydrogen-bond acceptors (Lipinski definition) is 7. The van der Waals surface area contributed by atoms with Gasteiger partial charge in [0.25, 0.3) is 0 Å². The Bertz CT molecular complexity index is 1210. The van der Waals surface area contributed by atoms with Crippen LogP contribution in [0.15, 0.2) is 109 Å². The quantitative estimate of drug-likeness (QED) is 0.180. The van der Waals surface area contributed by atoms with Crippen LogP contribution in [0.5, 0.6) is 0 Å². The van der Waals surface area contributed by atoms with Gasteiger partial charge in [-0.2, -0.15) is 0 Å². The maximum atomic E-state index is 12.6. The van der Waals surface area contributed by atoms with E-state index < -0.39 is 11.9 Å². The molecule has 0 aliphatic carbocycles. The molecule has 186 valence electrons. The molecule has 37 heavy (non-hydrogen) atoms. The molecular weight excluding hydrogens is 472 g/mol. The summed E-state index contributed by atoms with van der Waals surface area (Å²) in [5.41, 5.74) is 4.08. The molecule has 0 spiro atoms. The monoisotopic (exact) mass is 496 g/mol. The summed E-state index contributed by atoms with van der Waals surface area (Å²) >= 11 is 0. The normalized spacial score (nSPS) is 10.8. The van der Waals surface area contributed by atoms with Crippen LogP contribution in [0.1, 0.15) is 20.7 Å². The summed E-state index contributed by atoms with van der Waals surface area (Å²) in [7, 11) is 0. The first-order valence-corrected chi connectivity index (χ1v) is 11.5. The molecular formula is C30H24O7. The van der Waals surface area contributed by atoms with E-state index in [0.717, 1.165) is 22.3 Å². The molecule has 0 bridgehead atoms. The minimum atomic E-state index is -0.768. The van der Waals surface area contributed by atoms with Gasteiger partial charge in [-0.1, -0.05) is 84.9 Å². The van der Waals surface area contributed by atoms with Crippen LogP contribution in [0.25, 0.3) is 22.3 Å². The summed E-state index contributed by atoms with van der Waals surface area (Å²) in [4.78, 5) is 44.9. The predicted octanol–water partition coefficient (Wildman–Crippen LogP) is 6.24. The van der Waals surface area contributed by atoms with Crippen molar-refractivity contribution < 1.29 is 33.9 Å². The Morgan fingerprint density at radius 3 is 1.41 bits per heavy atom. The molecule has 0 atom stereocenters. The van der Waals surface area contributed by atoms with Gasteiger partial charge < -0.3 is 4.74 Å². The molecule has 7 nitrogen and oxygen atoms in total. The van der Waals surface area contributed by atoms with Crippen molar-refractivity contribution in [2.45, 2.75) is 0 Å². The highest BCUT2D eigenvalue weighted by Crippen LogP contribution is 2.22. The van der Waals surface area contributed by atoms with Gasteiger partial charge in [-0.25, -0.2) is 9.59 Å². The Hall–Kier alpha value is -4.30. The van der Waals surface area contributed by atoms with Gasteiger partial charge in [0, 0.05) is 6.61 Å². The van der Waals surface area contributed by atoms with Gasteiger partial charge in [-0.05, 0) is 53.4 Å². The molecule has 0 saturated carbocycles. The third kappa shape index (κ3) is 7.35. The van der Waals surface area contributed by atoms with Gasteiger partial charge in [0.2, 0.25) is 0 Å². The average molecular weight is 497 g/mol. The fourth-order valence-electron chi connectivity index (χ4n) is 3.40. The van der Waals surface area contributed by atoms with Crippen LogP contribution >= 0.6 is 0 Å². The average Bonchev–Trinajstić information content (AvgIpc) is 2.97. The zero-order valence-electron chi connectivity index (χ0n) is 19.9. The molecule has 0 amide bonds. The van der Waals surface area contributed by atoms with Gasteiger partial charge in [-0.3, -0.25) is 9.78 Å². The standard InChI is InChI=1S/C30H24O7/c1-2-33-21-28(34-36-29(31)26-17-9-15-24(19-26)22-11-5-3-6-12-22)35-37-30(32)27-18-10-16-25(20-27)23-13-7-4-8-14-23/h3-20H,1-2,21H2. The van der Waals surface area contributed by atoms with E-state index in [-0.39, 0.29) is 30.6 Å². The minimum absolute atomic E-state index is 0.0797. The van der Waals surface area contributed by atoms with Gasteiger partial charge in [-0.15, -0.1) is 9.78 Å². The summed E-state index contributed by atoms with van der Waals surface area (Å²) < 4.78 is 5.14. The van der Waals surface area contributed by atoms with Crippen LogP contribution in [0, 0.1) is 13.2 Å². The van der Waals surface area contributed by atoms with Crippen molar-refractivity contribution in [2.75, 3.05) is 13.2 Å². The van der Waals surface area contributed by atoms with Crippen LogP contribution in [-0.2, 0) is 24.3 Å². The van der Waals surface area contributed by atoms with E-state index in [2.05, 4.69) is 6.92 Å². The van der Waals surface area contributed by atoms with Crippen LogP contribution in [0.4, 0.5) is 0 Å². The number of carbonyl (C=O) groups excluding carboxylic acids is 2. The Morgan fingerprint density at radius 1 is 0.541 bits per heavy atom. The number of rotatable bonds is 11. The Labute approximate surface area is 215 Å². The highest BCUT2D eigenvalue weighted by atomic mass is 17.3. The zero-order valence-corrected chi connectivity index (χ0v) is 19.9. The Kier molecular flexibility index (Phi) is 9.15. The lowest BCUT2D eigenvalue weighted by Crippen LogP contribution is -2.20. The molecule has 0 saturated heterocycles. The summed E-state index contributed by atoms with van der Waals surface area (Å²) in [5.74, 6) is -1.54. The molecule has 0 unspecified atom stereocenters. The third-order valence-electron chi connectivity index (χ3n) is 5.20. The second-order valence-corrected chi connectivity index (χ2v) is 7.73. The Morgan fingerprint density at radius 2 is 0.973 bits per heavy atom. The fourth-order valence-corrected chi connectivity index (χ4v) is 3.40. The first-order chi connectivity index (χ1) is 18.1. The molecule has 4 aromatic rings. The van der Waals surface area contributed by atoms with Crippen LogP contribution in [-0.4, -0.2) is 25.2 Å². The molecule has 0 aliphatic heterocycles. The fraction of sp³-hybridized carbons (Fsp3) is 0.0667. The van der Waals surface area contributed by atoms with E-state index in [0.29, 0.717) is 0 Å². The van der Waals surface area contributed by atoms with Crippen molar-refractivity contribution in [3.05, 3.63) is 134 Å². The van der Waals surface area contributed by atoms with Gasteiger partial charge in [0.05, 0.1) is 11.1 Å². The lowest BCUT2D eigenvalue weighted by atomic mass is 10.0. The van der Waals surface area contributed by atoms with Gasteiger partial charge >= 0.3 is 18.2 Å². The number of ether oxygens (including phenoxy) is 1. The maximum Gasteiger partial charge on any atom is 0.373 e. The number of benzene rings is 4. The largest absolute Gasteiger partial charge is 0.375 e. The molecule has 7 heteroatoms. The van der Waals surface area contributed by atoms with E-state index in [1.54, 1.807) is 36.4 Å². The van der Waals surface area contributed by atoms with Crippen molar-refractivity contribution >= 4 is 11.9 Å². The van der Waals surface area contributed by atoms with E-state index in [9.17, 15) is 9.59 Å².